The lowest BCUT2D eigenvalue weighted by Gasteiger charge is -2.22. The van der Waals surface area contributed by atoms with E-state index < -0.39 is 0 Å². The minimum absolute atomic E-state index is 0.0271. The summed E-state index contributed by atoms with van der Waals surface area (Å²) in [5.74, 6) is 0. The predicted molar refractivity (Wildman–Crippen MR) is 73.8 cm³/mol. The molecule has 4 rings (SSSR count). The molecule has 102 valence electrons. The number of hydrogen-bond acceptors (Lipinski definition) is 4. The summed E-state index contributed by atoms with van der Waals surface area (Å²) >= 11 is 0. The van der Waals surface area contributed by atoms with E-state index in [-0.39, 0.29) is 11.6 Å². The molecule has 0 saturated carbocycles. The fraction of sp³-hybridized carbons (Fsp3) is 0.357. The van der Waals surface area contributed by atoms with Gasteiger partial charge < -0.3 is 4.74 Å². The predicted octanol–water partition coefficient (Wildman–Crippen LogP) is 1.40. The molecule has 0 N–H and O–H groups in total. The zero-order valence-electron chi connectivity index (χ0n) is 10.9. The zero-order chi connectivity index (χ0) is 13.5. The standard InChI is InChI=1S/C14H14N4O2/c19-14-13-11(16-17-6-2-1-5-12(13)17)8-15-18(14)10-4-3-7-20-9-10/h1-2,5-6,8,10H,3-4,7,9H2. The molecule has 20 heavy (non-hydrogen) atoms. The van der Waals surface area contributed by atoms with E-state index in [1.807, 2.05) is 24.4 Å². The molecule has 0 bridgehead atoms. The number of aromatic nitrogens is 4. The molecule has 0 amide bonds. The van der Waals surface area contributed by atoms with Crippen LogP contribution >= 0.6 is 0 Å². The smallest absolute Gasteiger partial charge is 0.278 e. The molecule has 1 atom stereocenters. The molecular formula is C14H14N4O2. The number of hydrogen-bond donors (Lipinski definition) is 0. The van der Waals surface area contributed by atoms with Crippen LogP contribution in [-0.2, 0) is 4.74 Å². The molecule has 0 spiro atoms. The van der Waals surface area contributed by atoms with E-state index in [4.69, 9.17) is 4.74 Å². The highest BCUT2D eigenvalue weighted by Crippen LogP contribution is 2.19. The highest BCUT2D eigenvalue weighted by Gasteiger charge is 2.20. The Hall–Kier alpha value is -2.21. The molecule has 6 heteroatoms. The van der Waals surface area contributed by atoms with Gasteiger partial charge in [-0.1, -0.05) is 6.07 Å². The van der Waals surface area contributed by atoms with Crippen LogP contribution in [0.15, 0.2) is 35.4 Å². The monoisotopic (exact) mass is 270 g/mol. The summed E-state index contributed by atoms with van der Waals surface area (Å²) in [4.78, 5) is 12.7. The van der Waals surface area contributed by atoms with Crippen molar-refractivity contribution in [1.82, 2.24) is 19.4 Å². The lowest BCUT2D eigenvalue weighted by Crippen LogP contribution is -2.32. The third-order valence-electron chi connectivity index (χ3n) is 3.78. The largest absolute Gasteiger partial charge is 0.379 e. The lowest BCUT2D eigenvalue weighted by atomic mass is 10.1. The first-order valence-electron chi connectivity index (χ1n) is 6.77. The van der Waals surface area contributed by atoms with Crippen molar-refractivity contribution in [1.29, 1.82) is 0 Å². The van der Waals surface area contributed by atoms with Gasteiger partial charge in [-0.05, 0) is 25.0 Å². The van der Waals surface area contributed by atoms with E-state index in [9.17, 15) is 4.79 Å². The van der Waals surface area contributed by atoms with Crippen LogP contribution in [0, 0.1) is 0 Å². The zero-order valence-corrected chi connectivity index (χ0v) is 10.9. The Balaban J connectivity index is 1.97. The summed E-state index contributed by atoms with van der Waals surface area (Å²) in [7, 11) is 0. The SMILES string of the molecule is O=c1c2c(cnn1C1CCCOC1)nn1ccccc21. The molecule has 4 heterocycles. The van der Waals surface area contributed by atoms with Gasteiger partial charge in [-0.2, -0.15) is 10.2 Å². The summed E-state index contributed by atoms with van der Waals surface area (Å²) in [5.41, 5.74) is 1.37. The highest BCUT2D eigenvalue weighted by molar-refractivity contribution is 5.92. The Labute approximate surface area is 114 Å². The van der Waals surface area contributed by atoms with Crippen LogP contribution < -0.4 is 5.56 Å². The maximum Gasteiger partial charge on any atom is 0.278 e. The van der Waals surface area contributed by atoms with Gasteiger partial charge in [-0.25, -0.2) is 9.20 Å². The first-order valence-corrected chi connectivity index (χ1v) is 6.77. The summed E-state index contributed by atoms with van der Waals surface area (Å²) in [6.45, 7) is 1.32. The van der Waals surface area contributed by atoms with Crippen LogP contribution in [-0.4, -0.2) is 32.6 Å². The molecule has 1 aliphatic rings. The summed E-state index contributed by atoms with van der Waals surface area (Å²) in [6, 6.07) is 5.72. The average Bonchev–Trinajstić information content (AvgIpc) is 2.88. The van der Waals surface area contributed by atoms with Gasteiger partial charge in [0.2, 0.25) is 0 Å². The van der Waals surface area contributed by atoms with Crippen LogP contribution in [0.25, 0.3) is 16.4 Å². The van der Waals surface area contributed by atoms with Crippen molar-refractivity contribution in [2.45, 2.75) is 18.9 Å². The van der Waals surface area contributed by atoms with Gasteiger partial charge in [-0.15, -0.1) is 0 Å². The van der Waals surface area contributed by atoms with Crippen LogP contribution in [0.3, 0.4) is 0 Å². The molecule has 1 saturated heterocycles. The second-order valence-corrected chi connectivity index (χ2v) is 5.06. The van der Waals surface area contributed by atoms with Crippen molar-refractivity contribution in [3.05, 3.63) is 40.9 Å². The van der Waals surface area contributed by atoms with Crippen molar-refractivity contribution >= 4 is 16.4 Å². The molecule has 0 aromatic carbocycles. The maximum absolute atomic E-state index is 12.7. The Morgan fingerprint density at radius 1 is 1.35 bits per heavy atom. The number of ether oxygens (including phenoxy) is 1. The molecule has 1 aliphatic heterocycles. The van der Waals surface area contributed by atoms with E-state index in [1.54, 1.807) is 15.4 Å². The number of nitrogens with zero attached hydrogens (tertiary/aromatic N) is 4. The van der Waals surface area contributed by atoms with Crippen molar-refractivity contribution in [3.63, 3.8) is 0 Å². The fourth-order valence-corrected chi connectivity index (χ4v) is 2.79. The normalized spacial score (nSPS) is 19.7. The quantitative estimate of drug-likeness (QED) is 0.670. The minimum atomic E-state index is -0.0841. The first kappa shape index (κ1) is 11.6. The van der Waals surface area contributed by atoms with Gasteiger partial charge in [0.05, 0.1) is 29.7 Å². The first-order chi connectivity index (χ1) is 9.84. The second-order valence-electron chi connectivity index (χ2n) is 5.06. The summed E-state index contributed by atoms with van der Waals surface area (Å²) < 4.78 is 8.72. The van der Waals surface area contributed by atoms with Crippen LogP contribution in [0.2, 0.25) is 0 Å². The highest BCUT2D eigenvalue weighted by atomic mass is 16.5. The lowest BCUT2D eigenvalue weighted by molar-refractivity contribution is 0.0533. The van der Waals surface area contributed by atoms with E-state index in [0.717, 1.165) is 25.0 Å². The Bertz CT molecular complexity index is 830. The van der Waals surface area contributed by atoms with Gasteiger partial charge >= 0.3 is 0 Å². The summed E-state index contributed by atoms with van der Waals surface area (Å²) in [6.07, 6.45) is 5.39. The van der Waals surface area contributed by atoms with E-state index in [1.165, 1.54) is 0 Å². The third-order valence-corrected chi connectivity index (χ3v) is 3.78. The molecule has 0 radical (unpaired) electrons. The van der Waals surface area contributed by atoms with Crippen LogP contribution in [0.5, 0.6) is 0 Å². The maximum atomic E-state index is 12.7. The van der Waals surface area contributed by atoms with Gasteiger partial charge in [-0.3, -0.25) is 4.79 Å². The molecule has 1 unspecified atom stereocenters. The van der Waals surface area contributed by atoms with Crippen LogP contribution in [0.1, 0.15) is 18.9 Å². The van der Waals surface area contributed by atoms with E-state index >= 15 is 0 Å². The van der Waals surface area contributed by atoms with Gasteiger partial charge in [0.15, 0.2) is 0 Å². The topological polar surface area (TPSA) is 61.4 Å². The van der Waals surface area contributed by atoms with E-state index in [0.29, 0.717) is 17.5 Å². The fourth-order valence-electron chi connectivity index (χ4n) is 2.79. The van der Waals surface area contributed by atoms with Gasteiger partial charge in [0, 0.05) is 12.8 Å². The molecular weight excluding hydrogens is 256 g/mol. The molecule has 0 aliphatic carbocycles. The molecule has 6 nitrogen and oxygen atoms in total. The number of rotatable bonds is 1. The molecule has 3 aromatic rings. The van der Waals surface area contributed by atoms with Gasteiger partial charge in [0.25, 0.3) is 5.56 Å². The summed E-state index contributed by atoms with van der Waals surface area (Å²) in [5, 5.41) is 9.28. The number of pyridine rings is 1. The Morgan fingerprint density at radius 3 is 3.15 bits per heavy atom. The van der Waals surface area contributed by atoms with Crippen molar-refractivity contribution in [2.75, 3.05) is 13.2 Å². The van der Waals surface area contributed by atoms with Crippen molar-refractivity contribution < 1.29 is 4.74 Å². The third kappa shape index (κ3) is 1.65. The average molecular weight is 270 g/mol. The van der Waals surface area contributed by atoms with Crippen molar-refractivity contribution in [2.24, 2.45) is 0 Å². The van der Waals surface area contributed by atoms with Crippen LogP contribution in [0.4, 0.5) is 0 Å². The van der Waals surface area contributed by atoms with Crippen molar-refractivity contribution in [3.8, 4) is 0 Å². The van der Waals surface area contributed by atoms with E-state index in [2.05, 4.69) is 10.2 Å². The number of fused-ring (bicyclic) bond motifs is 3. The Kier molecular flexibility index (Phi) is 2.56. The Morgan fingerprint density at radius 2 is 2.30 bits per heavy atom. The minimum Gasteiger partial charge on any atom is -0.379 e. The second kappa shape index (κ2) is 4.42. The molecule has 1 fully saturated rings. The van der Waals surface area contributed by atoms with Gasteiger partial charge in [0.1, 0.15) is 5.52 Å². The molecule has 3 aromatic heterocycles.